The predicted molar refractivity (Wildman–Crippen MR) is 74.8 cm³/mol. The third kappa shape index (κ3) is 1.84. The highest BCUT2D eigenvalue weighted by Crippen LogP contribution is 2.36. The number of nitrogen functional groups attached to an aromatic ring is 1. The highest BCUT2D eigenvalue weighted by atomic mass is 16.5. The SMILES string of the molecule is Cc1cc(-c2cccc3c2OCCC3)ccc1N. The third-order valence-corrected chi connectivity index (χ3v) is 3.51. The van der Waals surface area contributed by atoms with Crippen molar-refractivity contribution in [2.45, 2.75) is 19.8 Å². The lowest BCUT2D eigenvalue weighted by Crippen LogP contribution is -2.09. The van der Waals surface area contributed by atoms with Crippen LogP contribution in [0, 0.1) is 6.92 Å². The Morgan fingerprint density at radius 1 is 1.17 bits per heavy atom. The Morgan fingerprint density at radius 2 is 2.06 bits per heavy atom. The number of anilines is 1. The lowest BCUT2D eigenvalue weighted by atomic mass is 9.96. The standard InChI is InChI=1S/C16H17NO/c1-11-10-13(7-8-15(11)17)14-6-2-4-12-5-3-9-18-16(12)14/h2,4,6-8,10H,3,5,9,17H2,1H3. The van der Waals surface area contributed by atoms with E-state index in [9.17, 15) is 0 Å². The van der Waals surface area contributed by atoms with Gasteiger partial charge in [0.1, 0.15) is 5.75 Å². The van der Waals surface area contributed by atoms with Crippen LogP contribution in [0.25, 0.3) is 11.1 Å². The van der Waals surface area contributed by atoms with E-state index in [0.29, 0.717) is 0 Å². The van der Waals surface area contributed by atoms with Gasteiger partial charge >= 0.3 is 0 Å². The lowest BCUT2D eigenvalue weighted by Gasteiger charge is -2.20. The van der Waals surface area contributed by atoms with Gasteiger partial charge in [-0.2, -0.15) is 0 Å². The Balaban J connectivity index is 2.13. The normalized spacial score (nSPS) is 13.8. The monoisotopic (exact) mass is 239 g/mol. The van der Waals surface area contributed by atoms with Crippen molar-refractivity contribution in [3.05, 3.63) is 47.5 Å². The first kappa shape index (κ1) is 11.1. The summed E-state index contributed by atoms with van der Waals surface area (Å²) in [4.78, 5) is 0. The van der Waals surface area contributed by atoms with Gasteiger partial charge in [0.2, 0.25) is 0 Å². The van der Waals surface area contributed by atoms with Gasteiger partial charge in [0.05, 0.1) is 6.61 Å². The Labute approximate surface area is 107 Å². The van der Waals surface area contributed by atoms with Gasteiger partial charge in [-0.25, -0.2) is 0 Å². The first-order chi connectivity index (χ1) is 8.75. The fourth-order valence-electron chi connectivity index (χ4n) is 2.46. The highest BCUT2D eigenvalue weighted by molar-refractivity contribution is 5.74. The summed E-state index contributed by atoms with van der Waals surface area (Å²) in [6.07, 6.45) is 2.22. The number of hydrogen-bond acceptors (Lipinski definition) is 2. The van der Waals surface area contributed by atoms with Crippen LogP contribution in [0.5, 0.6) is 5.75 Å². The van der Waals surface area contributed by atoms with Crippen LogP contribution in [-0.2, 0) is 6.42 Å². The molecule has 0 fully saturated rings. The number of rotatable bonds is 1. The predicted octanol–water partition coefficient (Wildman–Crippen LogP) is 3.57. The molecule has 0 saturated heterocycles. The summed E-state index contributed by atoms with van der Waals surface area (Å²) in [5.74, 6) is 1.05. The summed E-state index contributed by atoms with van der Waals surface area (Å²) in [7, 11) is 0. The molecule has 0 amide bonds. The first-order valence-electron chi connectivity index (χ1n) is 6.37. The maximum Gasteiger partial charge on any atom is 0.130 e. The molecule has 2 aromatic rings. The zero-order valence-electron chi connectivity index (χ0n) is 10.6. The van der Waals surface area contributed by atoms with Gasteiger partial charge in [0.25, 0.3) is 0 Å². The molecule has 0 atom stereocenters. The largest absolute Gasteiger partial charge is 0.493 e. The van der Waals surface area contributed by atoms with Crippen LogP contribution in [0.3, 0.4) is 0 Å². The van der Waals surface area contributed by atoms with E-state index in [1.807, 2.05) is 13.0 Å². The van der Waals surface area contributed by atoms with E-state index in [1.54, 1.807) is 0 Å². The molecule has 0 spiro atoms. The minimum atomic E-state index is 0.817. The maximum absolute atomic E-state index is 5.87. The molecule has 1 aliphatic heterocycles. The summed E-state index contributed by atoms with van der Waals surface area (Å²) < 4.78 is 5.85. The molecule has 2 aromatic carbocycles. The Hall–Kier alpha value is -1.96. The molecular formula is C16H17NO. The average Bonchev–Trinajstić information content (AvgIpc) is 2.41. The molecule has 1 aliphatic rings. The van der Waals surface area contributed by atoms with E-state index in [4.69, 9.17) is 10.5 Å². The molecule has 2 N–H and O–H groups in total. The minimum Gasteiger partial charge on any atom is -0.493 e. The van der Waals surface area contributed by atoms with Crippen molar-refractivity contribution >= 4 is 5.69 Å². The Morgan fingerprint density at radius 3 is 2.89 bits per heavy atom. The van der Waals surface area contributed by atoms with Gasteiger partial charge in [-0.15, -0.1) is 0 Å². The average molecular weight is 239 g/mol. The summed E-state index contributed by atoms with van der Waals surface area (Å²) in [6, 6.07) is 12.5. The fourth-order valence-corrected chi connectivity index (χ4v) is 2.46. The number of hydrogen-bond donors (Lipinski definition) is 1. The van der Waals surface area contributed by atoms with Crippen LogP contribution in [0.15, 0.2) is 36.4 Å². The van der Waals surface area contributed by atoms with Gasteiger partial charge in [-0.1, -0.05) is 24.3 Å². The second-order valence-electron chi connectivity index (χ2n) is 4.82. The van der Waals surface area contributed by atoms with Crippen molar-refractivity contribution in [2.75, 3.05) is 12.3 Å². The number of aryl methyl sites for hydroxylation is 2. The molecule has 0 unspecified atom stereocenters. The van der Waals surface area contributed by atoms with Gasteiger partial charge in [-0.3, -0.25) is 0 Å². The summed E-state index contributed by atoms with van der Waals surface area (Å²) in [5, 5.41) is 0. The quantitative estimate of drug-likeness (QED) is 0.772. The Bertz CT molecular complexity index is 590. The molecule has 1 heterocycles. The van der Waals surface area contributed by atoms with E-state index in [-0.39, 0.29) is 0 Å². The smallest absolute Gasteiger partial charge is 0.130 e. The van der Waals surface area contributed by atoms with Crippen molar-refractivity contribution in [3.63, 3.8) is 0 Å². The van der Waals surface area contributed by atoms with E-state index < -0.39 is 0 Å². The van der Waals surface area contributed by atoms with Crippen LogP contribution in [-0.4, -0.2) is 6.61 Å². The Kier molecular flexibility index (Phi) is 2.71. The van der Waals surface area contributed by atoms with Crippen molar-refractivity contribution in [3.8, 4) is 16.9 Å². The summed E-state index contributed by atoms with van der Waals surface area (Å²) >= 11 is 0. The summed E-state index contributed by atoms with van der Waals surface area (Å²) in [5.41, 5.74) is 11.5. The number of para-hydroxylation sites is 1. The molecule has 0 radical (unpaired) electrons. The van der Waals surface area contributed by atoms with Crippen molar-refractivity contribution in [2.24, 2.45) is 0 Å². The molecule has 0 saturated carbocycles. The fraction of sp³-hybridized carbons (Fsp3) is 0.250. The van der Waals surface area contributed by atoms with Crippen molar-refractivity contribution < 1.29 is 4.74 Å². The molecule has 92 valence electrons. The number of nitrogens with two attached hydrogens (primary N) is 1. The molecule has 2 nitrogen and oxygen atoms in total. The second kappa shape index (κ2) is 4.37. The molecule has 18 heavy (non-hydrogen) atoms. The second-order valence-corrected chi connectivity index (χ2v) is 4.82. The van der Waals surface area contributed by atoms with E-state index >= 15 is 0 Å². The van der Waals surface area contributed by atoms with Crippen LogP contribution in [0.2, 0.25) is 0 Å². The topological polar surface area (TPSA) is 35.2 Å². The summed E-state index contributed by atoms with van der Waals surface area (Å²) in [6.45, 7) is 2.85. The van der Waals surface area contributed by atoms with Crippen LogP contribution >= 0.6 is 0 Å². The first-order valence-corrected chi connectivity index (χ1v) is 6.37. The molecular weight excluding hydrogens is 222 g/mol. The molecule has 2 heteroatoms. The van der Waals surface area contributed by atoms with Crippen LogP contribution in [0.1, 0.15) is 17.5 Å². The van der Waals surface area contributed by atoms with Crippen LogP contribution < -0.4 is 10.5 Å². The van der Waals surface area contributed by atoms with E-state index in [0.717, 1.165) is 36.4 Å². The molecule has 3 rings (SSSR count). The number of benzene rings is 2. The molecule has 0 aliphatic carbocycles. The number of ether oxygens (including phenoxy) is 1. The van der Waals surface area contributed by atoms with Gasteiger partial charge in [-0.05, 0) is 48.6 Å². The van der Waals surface area contributed by atoms with Gasteiger partial charge < -0.3 is 10.5 Å². The van der Waals surface area contributed by atoms with Crippen LogP contribution in [0.4, 0.5) is 5.69 Å². The highest BCUT2D eigenvalue weighted by Gasteiger charge is 2.15. The van der Waals surface area contributed by atoms with E-state index in [1.165, 1.54) is 16.7 Å². The zero-order chi connectivity index (χ0) is 12.5. The maximum atomic E-state index is 5.87. The number of fused-ring (bicyclic) bond motifs is 1. The van der Waals surface area contributed by atoms with Gasteiger partial charge in [0, 0.05) is 11.3 Å². The lowest BCUT2D eigenvalue weighted by molar-refractivity contribution is 0.289. The van der Waals surface area contributed by atoms with Crippen molar-refractivity contribution in [1.82, 2.24) is 0 Å². The molecule has 0 bridgehead atoms. The third-order valence-electron chi connectivity index (χ3n) is 3.51. The zero-order valence-corrected chi connectivity index (χ0v) is 10.6. The minimum absolute atomic E-state index is 0.817. The van der Waals surface area contributed by atoms with E-state index in [2.05, 4.69) is 30.3 Å². The van der Waals surface area contributed by atoms with Crippen molar-refractivity contribution in [1.29, 1.82) is 0 Å². The van der Waals surface area contributed by atoms with Gasteiger partial charge in [0.15, 0.2) is 0 Å². The molecule has 0 aromatic heterocycles.